The minimum atomic E-state index is -0.612. The molecule has 1 aromatic heterocycles. The van der Waals surface area contributed by atoms with Crippen molar-refractivity contribution in [2.24, 2.45) is 13.0 Å². The van der Waals surface area contributed by atoms with Crippen molar-refractivity contribution in [3.8, 4) is 5.75 Å². The van der Waals surface area contributed by atoms with Crippen molar-refractivity contribution < 1.29 is 19.1 Å². The van der Waals surface area contributed by atoms with Gasteiger partial charge >= 0.3 is 5.97 Å². The fraction of sp³-hybridized carbons (Fsp3) is 0.421. The van der Waals surface area contributed by atoms with E-state index in [1.54, 1.807) is 10.9 Å². The molecule has 26 heavy (non-hydrogen) atoms. The zero-order valence-corrected chi connectivity index (χ0v) is 15.4. The van der Waals surface area contributed by atoms with Gasteiger partial charge < -0.3 is 14.4 Å². The fourth-order valence-corrected chi connectivity index (χ4v) is 3.15. The summed E-state index contributed by atoms with van der Waals surface area (Å²) in [5.74, 6) is 0.741. The third-order valence-corrected chi connectivity index (χ3v) is 4.43. The van der Waals surface area contributed by atoms with Crippen LogP contribution in [0, 0.1) is 5.92 Å². The van der Waals surface area contributed by atoms with Crippen molar-refractivity contribution in [2.45, 2.75) is 26.3 Å². The highest BCUT2D eigenvalue weighted by Crippen LogP contribution is 2.28. The summed E-state index contributed by atoms with van der Waals surface area (Å²) in [6.45, 7) is 4.25. The van der Waals surface area contributed by atoms with Crippen LogP contribution in [0.4, 0.5) is 0 Å². The third kappa shape index (κ3) is 3.42. The lowest BCUT2D eigenvalue weighted by molar-refractivity contribution is -0.151. The van der Waals surface area contributed by atoms with E-state index in [1.165, 1.54) is 18.1 Å². The van der Waals surface area contributed by atoms with Gasteiger partial charge in [-0.15, -0.1) is 0 Å². The van der Waals surface area contributed by atoms with Gasteiger partial charge in [-0.1, -0.05) is 19.9 Å². The molecule has 138 valence electrons. The van der Waals surface area contributed by atoms with Gasteiger partial charge in [0.2, 0.25) is 0 Å². The van der Waals surface area contributed by atoms with E-state index in [1.807, 2.05) is 39.1 Å². The van der Waals surface area contributed by atoms with Gasteiger partial charge in [-0.2, -0.15) is 5.10 Å². The molecule has 3 rings (SSSR count). The van der Waals surface area contributed by atoms with Crippen molar-refractivity contribution in [1.29, 1.82) is 0 Å². The van der Waals surface area contributed by atoms with Crippen molar-refractivity contribution in [3.63, 3.8) is 0 Å². The third-order valence-electron chi connectivity index (χ3n) is 4.43. The van der Waals surface area contributed by atoms with Crippen molar-refractivity contribution >= 4 is 22.8 Å². The largest absolute Gasteiger partial charge is 0.467 e. The summed E-state index contributed by atoms with van der Waals surface area (Å²) in [4.78, 5) is 26.1. The predicted molar refractivity (Wildman–Crippen MR) is 96.4 cm³/mol. The lowest BCUT2D eigenvalue weighted by Crippen LogP contribution is -2.44. The molecule has 2 aromatic rings. The van der Waals surface area contributed by atoms with Crippen molar-refractivity contribution in [1.82, 2.24) is 14.7 Å². The van der Waals surface area contributed by atoms with Crippen LogP contribution < -0.4 is 4.74 Å². The highest BCUT2D eigenvalue weighted by molar-refractivity contribution is 5.94. The molecule has 2 heterocycles. The summed E-state index contributed by atoms with van der Waals surface area (Å²) in [6, 6.07) is 5.05. The van der Waals surface area contributed by atoms with Crippen LogP contribution in [0.25, 0.3) is 10.9 Å². The van der Waals surface area contributed by atoms with Crippen LogP contribution in [-0.4, -0.2) is 46.3 Å². The van der Waals surface area contributed by atoms with Gasteiger partial charge in [-0.25, -0.2) is 4.79 Å². The number of nitrogens with zero attached hydrogens (tertiary/aromatic N) is 3. The number of aromatic nitrogens is 2. The van der Waals surface area contributed by atoms with Crippen LogP contribution in [0.5, 0.6) is 5.75 Å². The highest BCUT2D eigenvalue weighted by Gasteiger charge is 2.35. The SMILES string of the molecule is COC(=O)[C@H](CC(C)C)N1CC(Oc2cccc3c2cnn3C)=CC1=O. The molecule has 7 nitrogen and oxygen atoms in total. The standard InChI is InChI=1S/C19H23N3O4/c1-12(2)8-16(19(24)25-4)22-11-13(9-18(22)23)26-17-7-5-6-15-14(17)10-20-21(15)3/h5-7,9-10,12,16H,8,11H2,1-4H3/t16-/m0/s1. The van der Waals surface area contributed by atoms with Gasteiger partial charge in [0.05, 0.1) is 30.8 Å². The van der Waals surface area contributed by atoms with E-state index < -0.39 is 12.0 Å². The molecular weight excluding hydrogens is 334 g/mol. The Morgan fingerprint density at radius 1 is 1.35 bits per heavy atom. The smallest absolute Gasteiger partial charge is 0.328 e. The van der Waals surface area contributed by atoms with Crippen molar-refractivity contribution in [3.05, 3.63) is 36.2 Å². The van der Waals surface area contributed by atoms with E-state index >= 15 is 0 Å². The lowest BCUT2D eigenvalue weighted by Gasteiger charge is -2.27. The summed E-state index contributed by atoms with van der Waals surface area (Å²) < 4.78 is 12.6. The summed E-state index contributed by atoms with van der Waals surface area (Å²) in [5.41, 5.74) is 0.941. The molecule has 1 atom stereocenters. The van der Waals surface area contributed by atoms with Gasteiger partial charge in [0.15, 0.2) is 0 Å². The average molecular weight is 357 g/mol. The summed E-state index contributed by atoms with van der Waals surface area (Å²) in [7, 11) is 3.20. The second-order valence-electron chi connectivity index (χ2n) is 6.80. The second-order valence-corrected chi connectivity index (χ2v) is 6.80. The topological polar surface area (TPSA) is 73.7 Å². The Morgan fingerprint density at radius 2 is 2.12 bits per heavy atom. The zero-order valence-electron chi connectivity index (χ0n) is 15.4. The Kier molecular flexibility index (Phi) is 4.97. The van der Waals surface area contributed by atoms with E-state index in [9.17, 15) is 9.59 Å². The predicted octanol–water partition coefficient (Wildman–Crippen LogP) is 2.27. The number of amides is 1. The number of carbonyl (C=O) groups is 2. The first kappa shape index (κ1) is 18.0. The number of benzene rings is 1. The Labute approximate surface area is 152 Å². The Bertz CT molecular complexity index is 869. The first-order chi connectivity index (χ1) is 12.4. The number of esters is 1. The molecule has 1 aliphatic rings. The molecule has 0 bridgehead atoms. The molecule has 1 aromatic carbocycles. The molecule has 0 N–H and O–H groups in total. The molecule has 0 radical (unpaired) electrons. The molecule has 0 spiro atoms. The number of rotatable bonds is 6. The number of hydrogen-bond donors (Lipinski definition) is 0. The Balaban J connectivity index is 1.80. The summed E-state index contributed by atoms with van der Waals surface area (Å²) >= 11 is 0. The van der Waals surface area contributed by atoms with E-state index in [4.69, 9.17) is 9.47 Å². The summed E-state index contributed by atoms with van der Waals surface area (Å²) in [6.07, 6.45) is 3.71. The number of carbonyl (C=O) groups excluding carboxylic acids is 2. The Morgan fingerprint density at radius 3 is 2.81 bits per heavy atom. The monoisotopic (exact) mass is 357 g/mol. The normalized spacial score (nSPS) is 15.5. The quantitative estimate of drug-likeness (QED) is 0.742. The van der Waals surface area contributed by atoms with E-state index in [0.717, 1.165) is 10.9 Å². The lowest BCUT2D eigenvalue weighted by atomic mass is 10.0. The van der Waals surface area contributed by atoms with Gasteiger partial charge in [-0.3, -0.25) is 9.48 Å². The van der Waals surface area contributed by atoms with Crippen LogP contribution in [0.2, 0.25) is 0 Å². The van der Waals surface area contributed by atoms with Crippen LogP contribution in [0.15, 0.2) is 36.2 Å². The van der Waals surface area contributed by atoms with Gasteiger partial charge in [0.25, 0.3) is 5.91 Å². The molecule has 0 saturated heterocycles. The first-order valence-electron chi connectivity index (χ1n) is 8.58. The first-order valence-corrected chi connectivity index (χ1v) is 8.58. The minimum absolute atomic E-state index is 0.238. The number of methoxy groups -OCH3 is 1. The molecule has 0 aliphatic carbocycles. The number of aryl methyl sites for hydroxylation is 1. The van der Waals surface area contributed by atoms with E-state index in [0.29, 0.717) is 17.9 Å². The molecule has 7 heteroatoms. The minimum Gasteiger partial charge on any atom is -0.467 e. The molecule has 1 aliphatic heterocycles. The molecule has 0 unspecified atom stereocenters. The molecule has 1 amide bonds. The highest BCUT2D eigenvalue weighted by atomic mass is 16.5. The van der Waals surface area contributed by atoms with Gasteiger partial charge in [-0.05, 0) is 24.5 Å². The molecule has 0 saturated carbocycles. The van der Waals surface area contributed by atoms with Gasteiger partial charge in [0.1, 0.15) is 17.6 Å². The maximum Gasteiger partial charge on any atom is 0.328 e. The number of ether oxygens (including phenoxy) is 2. The Hall–Kier alpha value is -2.83. The summed E-state index contributed by atoms with van der Waals surface area (Å²) in [5, 5.41) is 5.10. The maximum atomic E-state index is 12.4. The van der Waals surface area contributed by atoms with Gasteiger partial charge in [0, 0.05) is 13.1 Å². The zero-order chi connectivity index (χ0) is 18.8. The van der Waals surface area contributed by atoms with Crippen LogP contribution >= 0.6 is 0 Å². The van der Waals surface area contributed by atoms with Crippen LogP contribution in [0.1, 0.15) is 20.3 Å². The van der Waals surface area contributed by atoms with Crippen LogP contribution in [0.3, 0.4) is 0 Å². The van der Waals surface area contributed by atoms with E-state index in [2.05, 4.69) is 5.10 Å². The molecular formula is C19H23N3O4. The second kappa shape index (κ2) is 7.19. The number of hydrogen-bond acceptors (Lipinski definition) is 5. The maximum absolute atomic E-state index is 12.4. The van der Waals surface area contributed by atoms with Crippen LogP contribution in [-0.2, 0) is 21.4 Å². The number of fused-ring (bicyclic) bond motifs is 1. The van der Waals surface area contributed by atoms with E-state index in [-0.39, 0.29) is 18.4 Å². The average Bonchev–Trinajstić information content (AvgIpc) is 3.16. The molecule has 0 fully saturated rings. The fourth-order valence-electron chi connectivity index (χ4n) is 3.15. The van der Waals surface area contributed by atoms with Crippen molar-refractivity contribution in [2.75, 3.05) is 13.7 Å².